The van der Waals surface area contributed by atoms with Crippen LogP contribution in [0.3, 0.4) is 0 Å². The highest BCUT2D eigenvalue weighted by Gasteiger charge is 2.29. The van der Waals surface area contributed by atoms with Gasteiger partial charge in [-0.2, -0.15) is 5.26 Å². The predicted octanol–water partition coefficient (Wildman–Crippen LogP) is 1.14. The van der Waals surface area contributed by atoms with Crippen molar-refractivity contribution in [1.82, 2.24) is 4.90 Å². The smallest absolute Gasteiger partial charge is 0.260 e. The second-order valence-corrected chi connectivity index (χ2v) is 4.39. The molecule has 0 unspecified atom stereocenters. The molecule has 0 heterocycles. The maximum atomic E-state index is 11.8. The highest BCUT2D eigenvalue weighted by atomic mass is 16.5. The molecule has 1 fully saturated rings. The van der Waals surface area contributed by atoms with E-state index in [-0.39, 0.29) is 12.5 Å². The minimum absolute atomic E-state index is 0.0500. The zero-order valence-corrected chi connectivity index (χ0v) is 10.2. The molecule has 0 spiro atoms. The average Bonchev–Trinajstić information content (AvgIpc) is 3.20. The van der Waals surface area contributed by atoms with E-state index >= 15 is 0 Å². The van der Waals surface area contributed by atoms with Crippen LogP contribution in [0.25, 0.3) is 0 Å². The highest BCUT2D eigenvalue weighted by Crippen LogP contribution is 2.25. The van der Waals surface area contributed by atoms with Crippen LogP contribution in [0.1, 0.15) is 18.4 Å². The molecule has 1 aliphatic rings. The quantitative estimate of drug-likeness (QED) is 0.807. The lowest BCUT2D eigenvalue weighted by Gasteiger charge is -2.16. The van der Waals surface area contributed by atoms with Crippen molar-refractivity contribution in [2.45, 2.75) is 18.9 Å². The van der Waals surface area contributed by atoms with Crippen molar-refractivity contribution in [3.05, 3.63) is 23.8 Å². The number of nitrogens with zero attached hydrogens (tertiary/aromatic N) is 2. The Morgan fingerprint density at radius 1 is 1.61 bits per heavy atom. The molecular weight excluding hydrogens is 230 g/mol. The number of amides is 1. The van der Waals surface area contributed by atoms with Crippen LogP contribution >= 0.6 is 0 Å². The zero-order chi connectivity index (χ0) is 13.1. The summed E-state index contributed by atoms with van der Waals surface area (Å²) in [6.45, 7) is -0.0500. The third kappa shape index (κ3) is 2.72. The van der Waals surface area contributed by atoms with E-state index in [0.29, 0.717) is 23.0 Å². The number of ether oxygens (including phenoxy) is 1. The molecule has 0 atom stereocenters. The number of benzene rings is 1. The number of carbonyl (C=O) groups excluding carboxylic acids is 1. The van der Waals surface area contributed by atoms with E-state index in [1.807, 2.05) is 6.07 Å². The molecule has 1 aromatic rings. The summed E-state index contributed by atoms with van der Waals surface area (Å²) in [7, 11) is 1.78. The molecular formula is C13H15N3O2. The number of nitriles is 1. The van der Waals surface area contributed by atoms with Gasteiger partial charge in [-0.15, -0.1) is 0 Å². The minimum Gasteiger partial charge on any atom is -0.482 e. The number of rotatable bonds is 4. The number of carbonyl (C=O) groups is 1. The van der Waals surface area contributed by atoms with E-state index in [4.69, 9.17) is 15.7 Å². The molecule has 5 nitrogen and oxygen atoms in total. The van der Waals surface area contributed by atoms with Crippen LogP contribution in [-0.4, -0.2) is 30.5 Å². The molecule has 0 aromatic heterocycles. The molecule has 1 aliphatic carbocycles. The minimum atomic E-state index is -0.0711. The predicted molar refractivity (Wildman–Crippen MR) is 66.9 cm³/mol. The van der Waals surface area contributed by atoms with Crippen LogP contribution in [0, 0.1) is 11.3 Å². The topological polar surface area (TPSA) is 79.3 Å². The van der Waals surface area contributed by atoms with Gasteiger partial charge < -0.3 is 15.4 Å². The van der Waals surface area contributed by atoms with Gasteiger partial charge in [0.25, 0.3) is 5.91 Å². The van der Waals surface area contributed by atoms with Gasteiger partial charge >= 0.3 is 0 Å². The SMILES string of the molecule is CN(C(=O)COc1ccc(N)cc1C#N)C1CC1. The molecule has 5 heteroatoms. The molecule has 1 amide bonds. The summed E-state index contributed by atoms with van der Waals surface area (Å²) < 4.78 is 5.37. The first-order valence-electron chi connectivity index (χ1n) is 5.80. The summed E-state index contributed by atoms with van der Waals surface area (Å²) in [6, 6.07) is 7.14. The first kappa shape index (κ1) is 12.2. The summed E-state index contributed by atoms with van der Waals surface area (Å²) in [6.07, 6.45) is 2.13. The van der Waals surface area contributed by atoms with Crippen molar-refractivity contribution in [3.8, 4) is 11.8 Å². The molecule has 2 N–H and O–H groups in total. The number of hydrogen-bond donors (Lipinski definition) is 1. The number of likely N-dealkylation sites (N-methyl/N-ethyl adjacent to an activating group) is 1. The van der Waals surface area contributed by atoms with Crippen LogP contribution in [0.5, 0.6) is 5.75 Å². The number of nitrogen functional groups attached to an aromatic ring is 1. The van der Waals surface area contributed by atoms with Crippen LogP contribution in [0.15, 0.2) is 18.2 Å². The van der Waals surface area contributed by atoms with Gasteiger partial charge in [0.05, 0.1) is 5.56 Å². The van der Waals surface area contributed by atoms with E-state index in [2.05, 4.69) is 0 Å². The van der Waals surface area contributed by atoms with Gasteiger partial charge in [-0.05, 0) is 31.0 Å². The molecule has 0 saturated heterocycles. The first-order chi connectivity index (χ1) is 8.61. The highest BCUT2D eigenvalue weighted by molar-refractivity contribution is 5.78. The number of hydrogen-bond acceptors (Lipinski definition) is 4. The molecule has 1 aromatic carbocycles. The van der Waals surface area contributed by atoms with Gasteiger partial charge in [-0.3, -0.25) is 4.79 Å². The Labute approximate surface area is 106 Å². The van der Waals surface area contributed by atoms with Gasteiger partial charge in [-0.25, -0.2) is 0 Å². The molecule has 18 heavy (non-hydrogen) atoms. The van der Waals surface area contributed by atoms with E-state index in [1.165, 1.54) is 6.07 Å². The van der Waals surface area contributed by atoms with Crippen molar-refractivity contribution in [2.75, 3.05) is 19.4 Å². The van der Waals surface area contributed by atoms with Crippen molar-refractivity contribution >= 4 is 11.6 Å². The Hall–Kier alpha value is -2.22. The van der Waals surface area contributed by atoms with Crippen LogP contribution in [0.4, 0.5) is 5.69 Å². The maximum Gasteiger partial charge on any atom is 0.260 e. The fraction of sp³-hybridized carbons (Fsp3) is 0.385. The number of nitrogens with two attached hydrogens (primary N) is 1. The maximum absolute atomic E-state index is 11.8. The molecule has 0 aliphatic heterocycles. The Morgan fingerprint density at radius 3 is 2.94 bits per heavy atom. The van der Waals surface area contributed by atoms with Gasteiger partial charge in [0, 0.05) is 18.8 Å². The van der Waals surface area contributed by atoms with E-state index in [9.17, 15) is 4.79 Å². The third-order valence-electron chi connectivity index (χ3n) is 2.96. The lowest BCUT2D eigenvalue weighted by atomic mass is 10.2. The summed E-state index contributed by atoms with van der Waals surface area (Å²) in [4.78, 5) is 13.5. The molecule has 0 radical (unpaired) electrons. The van der Waals surface area contributed by atoms with Crippen LogP contribution in [-0.2, 0) is 4.79 Å². The Kier molecular flexibility index (Phi) is 3.38. The van der Waals surface area contributed by atoms with Crippen molar-refractivity contribution in [3.63, 3.8) is 0 Å². The Bertz CT molecular complexity index is 503. The largest absolute Gasteiger partial charge is 0.482 e. The van der Waals surface area contributed by atoms with E-state index < -0.39 is 0 Å². The van der Waals surface area contributed by atoms with Crippen LogP contribution in [0.2, 0.25) is 0 Å². The Morgan fingerprint density at radius 2 is 2.33 bits per heavy atom. The number of anilines is 1. The Balaban J connectivity index is 1.97. The first-order valence-corrected chi connectivity index (χ1v) is 5.80. The van der Waals surface area contributed by atoms with Crippen molar-refractivity contribution in [2.24, 2.45) is 0 Å². The fourth-order valence-corrected chi connectivity index (χ4v) is 1.67. The lowest BCUT2D eigenvalue weighted by molar-refractivity contribution is -0.132. The standard InChI is InChI=1S/C13H15N3O2/c1-16(11-3-4-11)13(17)8-18-12-5-2-10(15)6-9(12)7-14/h2,5-6,11H,3-4,8,15H2,1H3. The third-order valence-corrected chi connectivity index (χ3v) is 2.96. The van der Waals surface area contributed by atoms with E-state index in [0.717, 1.165) is 12.8 Å². The summed E-state index contributed by atoms with van der Waals surface area (Å²) in [5.74, 6) is 0.322. The van der Waals surface area contributed by atoms with Gasteiger partial charge in [0.1, 0.15) is 11.8 Å². The second kappa shape index (κ2) is 4.96. The fourth-order valence-electron chi connectivity index (χ4n) is 1.67. The molecule has 94 valence electrons. The summed E-state index contributed by atoms with van der Waals surface area (Å²) in [5, 5.41) is 8.93. The van der Waals surface area contributed by atoms with Gasteiger partial charge in [0.15, 0.2) is 6.61 Å². The normalized spacial score (nSPS) is 13.8. The van der Waals surface area contributed by atoms with E-state index in [1.54, 1.807) is 24.1 Å². The second-order valence-electron chi connectivity index (χ2n) is 4.39. The van der Waals surface area contributed by atoms with Crippen molar-refractivity contribution in [1.29, 1.82) is 5.26 Å². The molecule has 1 saturated carbocycles. The van der Waals surface area contributed by atoms with Crippen LogP contribution < -0.4 is 10.5 Å². The zero-order valence-electron chi connectivity index (χ0n) is 10.2. The molecule has 2 rings (SSSR count). The monoisotopic (exact) mass is 245 g/mol. The summed E-state index contributed by atoms with van der Waals surface area (Å²) >= 11 is 0. The summed E-state index contributed by atoms with van der Waals surface area (Å²) in [5.41, 5.74) is 6.42. The van der Waals surface area contributed by atoms with Crippen molar-refractivity contribution < 1.29 is 9.53 Å². The van der Waals surface area contributed by atoms with Gasteiger partial charge in [0.2, 0.25) is 0 Å². The molecule has 0 bridgehead atoms. The van der Waals surface area contributed by atoms with Gasteiger partial charge in [-0.1, -0.05) is 0 Å². The average molecular weight is 245 g/mol. The lowest BCUT2D eigenvalue weighted by Crippen LogP contribution is -2.33.